The summed E-state index contributed by atoms with van der Waals surface area (Å²) in [6.07, 6.45) is 8.68. The Bertz CT molecular complexity index is 740. The molecule has 4 atom stereocenters. The number of allylic oxidation sites excluding steroid dienone is 2. The number of ether oxygens (including phenoxy) is 3. The van der Waals surface area contributed by atoms with Gasteiger partial charge in [0.1, 0.15) is 12.4 Å². The largest absolute Gasteiger partial charge is 0.488 e. The van der Waals surface area contributed by atoms with Crippen LogP contribution in [0.15, 0.2) is 54.6 Å². The zero-order chi connectivity index (χ0) is 22.1. The lowest BCUT2D eigenvalue weighted by Gasteiger charge is -2.26. The number of unbranched alkanes of at least 4 members (excludes halogenated alkanes) is 1. The average molecular weight is 433 g/mol. The van der Waals surface area contributed by atoms with E-state index in [-0.39, 0.29) is 24.9 Å². The fourth-order valence-electron chi connectivity index (χ4n) is 4.11. The Morgan fingerprint density at radius 2 is 1.87 bits per heavy atom. The van der Waals surface area contributed by atoms with Crippen molar-refractivity contribution in [3.05, 3.63) is 54.6 Å². The predicted octanol–water partition coefficient (Wildman–Crippen LogP) is 2.92. The predicted molar refractivity (Wildman–Crippen MR) is 115 cm³/mol. The van der Waals surface area contributed by atoms with Gasteiger partial charge in [0.15, 0.2) is 0 Å². The highest BCUT2D eigenvalue weighted by atomic mass is 16.8. The van der Waals surface area contributed by atoms with Crippen molar-refractivity contribution in [2.75, 3.05) is 19.8 Å². The van der Waals surface area contributed by atoms with Crippen LogP contribution in [-0.4, -0.2) is 59.1 Å². The molecule has 0 spiro atoms. The van der Waals surface area contributed by atoms with E-state index in [1.807, 2.05) is 48.6 Å². The number of hydrogen-bond acceptors (Lipinski definition) is 6. The Morgan fingerprint density at radius 3 is 2.58 bits per heavy atom. The molecule has 1 aliphatic carbocycles. The quantitative estimate of drug-likeness (QED) is 0.365. The average Bonchev–Trinajstić information content (AvgIpc) is 3.32. The minimum absolute atomic E-state index is 0.129. The molecule has 0 radical (unpaired) electrons. The minimum Gasteiger partial charge on any atom is -0.488 e. The molecule has 1 aromatic carbocycles. The van der Waals surface area contributed by atoms with E-state index >= 15 is 0 Å². The topological polar surface area (TPSA) is 105 Å². The van der Waals surface area contributed by atoms with Gasteiger partial charge in [-0.15, -0.1) is 0 Å². The first kappa shape index (κ1) is 23.5. The van der Waals surface area contributed by atoms with Gasteiger partial charge in [-0.2, -0.15) is 0 Å². The number of aliphatic carboxylic acids is 1. The lowest BCUT2D eigenvalue weighted by molar-refractivity contribution is -0.139. The summed E-state index contributed by atoms with van der Waals surface area (Å²) in [6.45, 7) is 1.11. The molecule has 1 aliphatic heterocycles. The number of carbonyl (C=O) groups is 1. The molecule has 0 aromatic heterocycles. The van der Waals surface area contributed by atoms with Crippen LogP contribution in [0.5, 0.6) is 5.75 Å². The maximum atomic E-state index is 10.6. The highest BCUT2D eigenvalue weighted by Crippen LogP contribution is 2.37. The van der Waals surface area contributed by atoms with Gasteiger partial charge in [0, 0.05) is 18.8 Å². The molecular weight excluding hydrogens is 400 g/mol. The van der Waals surface area contributed by atoms with Gasteiger partial charge in [0.05, 0.1) is 25.4 Å². The summed E-state index contributed by atoms with van der Waals surface area (Å²) in [5.41, 5.74) is 0. The maximum absolute atomic E-state index is 10.6. The molecule has 31 heavy (non-hydrogen) atoms. The molecule has 7 nitrogen and oxygen atoms in total. The van der Waals surface area contributed by atoms with Crippen molar-refractivity contribution in [3.8, 4) is 5.75 Å². The van der Waals surface area contributed by atoms with Crippen molar-refractivity contribution in [1.82, 2.24) is 0 Å². The molecule has 4 unspecified atom stereocenters. The number of hydrogen-bond donors (Lipinski definition) is 3. The second kappa shape index (κ2) is 11.4. The van der Waals surface area contributed by atoms with Crippen LogP contribution in [0, 0.1) is 11.8 Å². The fraction of sp³-hybridized carbons (Fsp3) is 0.542. The van der Waals surface area contributed by atoms with Crippen molar-refractivity contribution in [2.45, 2.75) is 50.1 Å². The smallest absolute Gasteiger partial charge is 0.303 e. The van der Waals surface area contributed by atoms with Crippen molar-refractivity contribution < 1.29 is 34.3 Å². The Balaban J connectivity index is 1.59. The summed E-state index contributed by atoms with van der Waals surface area (Å²) >= 11 is 0. The number of rotatable bonds is 11. The standard InChI is InChI=1S/C24H32O7/c25-21-16-22(26)20(19(21)10-6-1-2-7-11-23(27)28)12-13-24(30-14-15-31-24)17-29-18-8-4-3-5-9-18/h1,3-6,8-9,12-13,19-22,25-26H,2,7,10-11,14-17H2,(H,27,28). The summed E-state index contributed by atoms with van der Waals surface area (Å²) < 4.78 is 17.5. The van der Waals surface area contributed by atoms with Crippen LogP contribution >= 0.6 is 0 Å². The summed E-state index contributed by atoms with van der Waals surface area (Å²) in [5, 5.41) is 29.6. The molecule has 2 fully saturated rings. The van der Waals surface area contributed by atoms with E-state index in [0.29, 0.717) is 38.9 Å². The number of aliphatic hydroxyl groups is 2. The molecule has 1 saturated heterocycles. The van der Waals surface area contributed by atoms with Gasteiger partial charge in [0.2, 0.25) is 5.79 Å². The van der Waals surface area contributed by atoms with Gasteiger partial charge in [0.25, 0.3) is 0 Å². The van der Waals surface area contributed by atoms with Crippen molar-refractivity contribution in [2.24, 2.45) is 11.8 Å². The number of aliphatic hydroxyl groups excluding tert-OH is 2. The van der Waals surface area contributed by atoms with Crippen LogP contribution < -0.4 is 4.74 Å². The molecule has 1 saturated carbocycles. The van der Waals surface area contributed by atoms with Gasteiger partial charge in [-0.1, -0.05) is 36.4 Å². The highest BCUT2D eigenvalue weighted by molar-refractivity contribution is 5.66. The first-order valence-corrected chi connectivity index (χ1v) is 10.9. The van der Waals surface area contributed by atoms with Gasteiger partial charge in [-0.05, 0) is 43.4 Å². The van der Waals surface area contributed by atoms with E-state index < -0.39 is 24.0 Å². The van der Waals surface area contributed by atoms with E-state index in [2.05, 4.69) is 0 Å². The fourth-order valence-corrected chi connectivity index (χ4v) is 4.11. The molecule has 1 heterocycles. The molecule has 170 valence electrons. The molecule has 3 rings (SSSR count). The zero-order valence-electron chi connectivity index (χ0n) is 17.6. The van der Waals surface area contributed by atoms with Crippen LogP contribution in [0.25, 0.3) is 0 Å². The summed E-state index contributed by atoms with van der Waals surface area (Å²) in [5.74, 6) is -1.46. The van der Waals surface area contributed by atoms with Crippen LogP contribution in [0.1, 0.15) is 32.1 Å². The van der Waals surface area contributed by atoms with E-state index in [1.165, 1.54) is 0 Å². The van der Waals surface area contributed by atoms with Gasteiger partial charge >= 0.3 is 5.97 Å². The zero-order valence-corrected chi connectivity index (χ0v) is 17.6. The van der Waals surface area contributed by atoms with Crippen LogP contribution in [0.3, 0.4) is 0 Å². The van der Waals surface area contributed by atoms with Crippen LogP contribution in [-0.2, 0) is 14.3 Å². The monoisotopic (exact) mass is 432 g/mol. The molecular formula is C24H32O7. The Labute approximate surface area is 182 Å². The molecule has 1 aromatic rings. The van der Waals surface area contributed by atoms with Gasteiger partial charge in [-0.3, -0.25) is 4.79 Å². The summed E-state index contributed by atoms with van der Waals surface area (Å²) in [7, 11) is 0. The molecule has 2 aliphatic rings. The summed E-state index contributed by atoms with van der Waals surface area (Å²) in [6, 6.07) is 9.43. The Morgan fingerprint density at radius 1 is 1.13 bits per heavy atom. The van der Waals surface area contributed by atoms with Gasteiger partial charge in [-0.25, -0.2) is 0 Å². The third kappa shape index (κ3) is 6.90. The third-order valence-corrected chi connectivity index (χ3v) is 5.78. The SMILES string of the molecule is O=C(O)CCCC=CCC1C(O)CC(O)C1C=CC1(COc2ccccc2)OCCO1. The lowest BCUT2D eigenvalue weighted by atomic mass is 9.89. The van der Waals surface area contributed by atoms with E-state index in [4.69, 9.17) is 19.3 Å². The normalized spacial score (nSPS) is 27.9. The molecule has 0 amide bonds. The van der Waals surface area contributed by atoms with Crippen molar-refractivity contribution >= 4 is 5.97 Å². The second-order valence-corrected chi connectivity index (χ2v) is 8.07. The van der Waals surface area contributed by atoms with Crippen molar-refractivity contribution in [1.29, 1.82) is 0 Å². The Kier molecular flexibility index (Phi) is 8.66. The summed E-state index contributed by atoms with van der Waals surface area (Å²) in [4.78, 5) is 10.6. The minimum atomic E-state index is -1.01. The van der Waals surface area contributed by atoms with Crippen LogP contribution in [0.2, 0.25) is 0 Å². The number of carboxylic acids is 1. The first-order chi connectivity index (χ1) is 15.0. The number of para-hydroxylation sites is 1. The molecule has 3 N–H and O–H groups in total. The second-order valence-electron chi connectivity index (χ2n) is 8.07. The van der Waals surface area contributed by atoms with Crippen molar-refractivity contribution in [3.63, 3.8) is 0 Å². The van der Waals surface area contributed by atoms with Crippen LogP contribution in [0.4, 0.5) is 0 Å². The maximum Gasteiger partial charge on any atom is 0.303 e. The number of carboxylic acid groups (broad SMARTS) is 1. The first-order valence-electron chi connectivity index (χ1n) is 10.9. The lowest BCUT2D eigenvalue weighted by Crippen LogP contribution is -2.35. The third-order valence-electron chi connectivity index (χ3n) is 5.78. The highest BCUT2D eigenvalue weighted by Gasteiger charge is 2.41. The Hall–Kier alpha value is -2.19. The van der Waals surface area contributed by atoms with E-state index in [1.54, 1.807) is 6.08 Å². The molecule has 7 heteroatoms. The van der Waals surface area contributed by atoms with E-state index in [0.717, 1.165) is 5.75 Å². The van der Waals surface area contributed by atoms with E-state index in [9.17, 15) is 15.0 Å². The van der Waals surface area contributed by atoms with Gasteiger partial charge < -0.3 is 29.5 Å². The molecule has 0 bridgehead atoms. The number of benzene rings is 1.